The van der Waals surface area contributed by atoms with Crippen molar-refractivity contribution < 1.29 is 19.0 Å². The van der Waals surface area contributed by atoms with Crippen molar-refractivity contribution >= 4 is 11.6 Å². The highest BCUT2D eigenvalue weighted by Gasteiger charge is 2.16. The quantitative estimate of drug-likeness (QED) is 0.652. The Labute approximate surface area is 160 Å². The lowest BCUT2D eigenvalue weighted by atomic mass is 10.2. The molecular weight excluding hydrogens is 342 g/mol. The van der Waals surface area contributed by atoms with Crippen LogP contribution in [0.1, 0.15) is 43.0 Å². The number of hydrogen-bond acceptors (Lipinski definition) is 4. The Morgan fingerprint density at radius 3 is 2.74 bits per heavy atom. The standard InChI is InChI=1S/C22H27NO4/c1-2-3-13-25-19-11-9-17(10-12-19)22(24)23-18-6-4-7-20(15-18)27-16-21-8-5-14-26-21/h4,6-7,9-12,15,21H,2-3,5,8,13-14,16H2,1H3,(H,23,24). The molecule has 1 heterocycles. The van der Waals surface area contributed by atoms with E-state index in [0.29, 0.717) is 24.5 Å². The van der Waals surface area contributed by atoms with E-state index in [1.807, 2.05) is 36.4 Å². The Bertz CT molecular complexity index is 723. The van der Waals surface area contributed by atoms with E-state index in [4.69, 9.17) is 14.2 Å². The molecule has 3 rings (SSSR count). The Balaban J connectivity index is 1.53. The fourth-order valence-electron chi connectivity index (χ4n) is 2.87. The third-order valence-electron chi connectivity index (χ3n) is 4.43. The summed E-state index contributed by atoms with van der Waals surface area (Å²) in [6, 6.07) is 14.6. The second-order valence-corrected chi connectivity index (χ2v) is 6.65. The summed E-state index contributed by atoms with van der Waals surface area (Å²) in [5.74, 6) is 1.35. The number of carbonyl (C=O) groups excluding carboxylic acids is 1. The first-order valence-corrected chi connectivity index (χ1v) is 9.63. The number of anilines is 1. The summed E-state index contributed by atoms with van der Waals surface area (Å²) in [6.45, 7) is 4.17. The second kappa shape index (κ2) is 9.97. The van der Waals surface area contributed by atoms with Crippen molar-refractivity contribution in [3.05, 3.63) is 54.1 Å². The first-order valence-electron chi connectivity index (χ1n) is 9.63. The Morgan fingerprint density at radius 2 is 2.00 bits per heavy atom. The van der Waals surface area contributed by atoms with Crippen molar-refractivity contribution in [1.82, 2.24) is 0 Å². The van der Waals surface area contributed by atoms with E-state index in [2.05, 4.69) is 12.2 Å². The smallest absolute Gasteiger partial charge is 0.255 e. The normalized spacial score (nSPS) is 16.1. The number of ether oxygens (including phenoxy) is 3. The monoisotopic (exact) mass is 369 g/mol. The molecule has 0 bridgehead atoms. The molecule has 1 unspecified atom stereocenters. The lowest BCUT2D eigenvalue weighted by Gasteiger charge is -2.13. The summed E-state index contributed by atoms with van der Waals surface area (Å²) < 4.78 is 17.0. The van der Waals surface area contributed by atoms with Crippen LogP contribution in [0, 0.1) is 0 Å². The molecule has 0 saturated carbocycles. The molecule has 27 heavy (non-hydrogen) atoms. The molecule has 1 aliphatic rings. The van der Waals surface area contributed by atoms with Gasteiger partial charge in [-0.2, -0.15) is 0 Å². The van der Waals surface area contributed by atoms with E-state index in [1.54, 1.807) is 12.1 Å². The average Bonchev–Trinajstić information content (AvgIpc) is 3.21. The molecule has 144 valence electrons. The maximum Gasteiger partial charge on any atom is 0.255 e. The summed E-state index contributed by atoms with van der Waals surface area (Å²) in [6.07, 6.45) is 4.41. The minimum atomic E-state index is -0.161. The van der Waals surface area contributed by atoms with Crippen molar-refractivity contribution in [3.63, 3.8) is 0 Å². The second-order valence-electron chi connectivity index (χ2n) is 6.65. The van der Waals surface area contributed by atoms with Crippen molar-refractivity contribution in [1.29, 1.82) is 0 Å². The molecule has 1 fully saturated rings. The summed E-state index contributed by atoms with van der Waals surface area (Å²) in [5.41, 5.74) is 1.29. The third-order valence-corrected chi connectivity index (χ3v) is 4.43. The number of amides is 1. The summed E-state index contributed by atoms with van der Waals surface area (Å²) in [7, 11) is 0. The van der Waals surface area contributed by atoms with Crippen molar-refractivity contribution in [2.75, 3.05) is 25.1 Å². The van der Waals surface area contributed by atoms with Gasteiger partial charge in [-0.25, -0.2) is 0 Å². The third kappa shape index (κ3) is 6.00. The summed E-state index contributed by atoms with van der Waals surface area (Å²) in [4.78, 5) is 12.5. The first kappa shape index (κ1) is 19.2. The molecule has 2 aromatic carbocycles. The molecule has 1 N–H and O–H groups in total. The Kier molecular flexibility index (Phi) is 7.11. The molecule has 2 aromatic rings. The number of hydrogen-bond donors (Lipinski definition) is 1. The zero-order valence-corrected chi connectivity index (χ0v) is 15.8. The molecule has 1 amide bonds. The molecule has 0 spiro atoms. The molecule has 0 radical (unpaired) electrons. The SMILES string of the molecule is CCCCOc1ccc(C(=O)Nc2cccc(OCC3CCCO3)c2)cc1. The number of rotatable bonds is 9. The Morgan fingerprint density at radius 1 is 1.15 bits per heavy atom. The van der Waals surface area contributed by atoms with Gasteiger partial charge in [-0.3, -0.25) is 4.79 Å². The van der Waals surface area contributed by atoms with Gasteiger partial charge < -0.3 is 19.5 Å². The summed E-state index contributed by atoms with van der Waals surface area (Å²) in [5, 5.41) is 2.91. The van der Waals surface area contributed by atoms with Gasteiger partial charge in [0.05, 0.1) is 12.7 Å². The van der Waals surface area contributed by atoms with Gasteiger partial charge in [-0.15, -0.1) is 0 Å². The highest BCUT2D eigenvalue weighted by atomic mass is 16.5. The fourth-order valence-corrected chi connectivity index (χ4v) is 2.87. The lowest BCUT2D eigenvalue weighted by Crippen LogP contribution is -2.16. The fraction of sp³-hybridized carbons (Fsp3) is 0.409. The highest BCUT2D eigenvalue weighted by molar-refractivity contribution is 6.04. The van der Waals surface area contributed by atoms with Crippen LogP contribution >= 0.6 is 0 Å². The zero-order chi connectivity index (χ0) is 18.9. The predicted molar refractivity (Wildman–Crippen MR) is 106 cm³/mol. The predicted octanol–water partition coefficient (Wildman–Crippen LogP) is 4.68. The molecule has 1 saturated heterocycles. The van der Waals surface area contributed by atoms with Gasteiger partial charge in [0.1, 0.15) is 18.1 Å². The molecule has 0 aromatic heterocycles. The molecule has 5 heteroatoms. The van der Waals surface area contributed by atoms with Crippen LogP contribution in [0.2, 0.25) is 0 Å². The van der Waals surface area contributed by atoms with Crippen molar-refractivity contribution in [3.8, 4) is 11.5 Å². The molecular formula is C22H27NO4. The minimum Gasteiger partial charge on any atom is -0.494 e. The van der Waals surface area contributed by atoms with Gasteiger partial charge in [0.25, 0.3) is 5.91 Å². The van der Waals surface area contributed by atoms with Crippen molar-refractivity contribution in [2.45, 2.75) is 38.7 Å². The number of unbranched alkanes of at least 4 members (excludes halogenated alkanes) is 1. The maximum absolute atomic E-state index is 12.5. The lowest BCUT2D eigenvalue weighted by molar-refractivity contribution is 0.0680. The van der Waals surface area contributed by atoms with Crippen LogP contribution in [-0.2, 0) is 4.74 Å². The first-order chi connectivity index (χ1) is 13.2. The van der Waals surface area contributed by atoms with E-state index in [1.165, 1.54) is 0 Å². The van der Waals surface area contributed by atoms with Crippen LogP contribution in [-0.4, -0.2) is 31.8 Å². The highest BCUT2D eigenvalue weighted by Crippen LogP contribution is 2.21. The molecule has 1 atom stereocenters. The number of benzene rings is 2. The van der Waals surface area contributed by atoms with Crippen LogP contribution in [0.5, 0.6) is 11.5 Å². The minimum absolute atomic E-state index is 0.161. The van der Waals surface area contributed by atoms with Crippen LogP contribution in [0.15, 0.2) is 48.5 Å². The zero-order valence-electron chi connectivity index (χ0n) is 15.8. The largest absolute Gasteiger partial charge is 0.494 e. The van der Waals surface area contributed by atoms with E-state index in [9.17, 15) is 4.79 Å². The van der Waals surface area contributed by atoms with Crippen LogP contribution in [0.4, 0.5) is 5.69 Å². The van der Waals surface area contributed by atoms with E-state index in [0.717, 1.165) is 43.8 Å². The topological polar surface area (TPSA) is 56.8 Å². The molecule has 0 aliphatic carbocycles. The van der Waals surface area contributed by atoms with Gasteiger partial charge >= 0.3 is 0 Å². The molecule has 5 nitrogen and oxygen atoms in total. The average molecular weight is 369 g/mol. The summed E-state index contributed by atoms with van der Waals surface area (Å²) >= 11 is 0. The van der Waals surface area contributed by atoms with E-state index < -0.39 is 0 Å². The van der Waals surface area contributed by atoms with Gasteiger partial charge in [0, 0.05) is 23.9 Å². The van der Waals surface area contributed by atoms with Gasteiger partial charge in [0.15, 0.2) is 0 Å². The van der Waals surface area contributed by atoms with Gasteiger partial charge in [-0.1, -0.05) is 19.4 Å². The number of carbonyl (C=O) groups is 1. The van der Waals surface area contributed by atoms with Crippen LogP contribution in [0.25, 0.3) is 0 Å². The Hall–Kier alpha value is -2.53. The van der Waals surface area contributed by atoms with Gasteiger partial charge in [0.2, 0.25) is 0 Å². The molecule has 1 aliphatic heterocycles. The maximum atomic E-state index is 12.5. The van der Waals surface area contributed by atoms with E-state index in [-0.39, 0.29) is 12.0 Å². The number of nitrogens with one attached hydrogen (secondary N) is 1. The van der Waals surface area contributed by atoms with Crippen LogP contribution in [0.3, 0.4) is 0 Å². The van der Waals surface area contributed by atoms with Crippen LogP contribution < -0.4 is 14.8 Å². The van der Waals surface area contributed by atoms with Gasteiger partial charge in [-0.05, 0) is 55.7 Å². The van der Waals surface area contributed by atoms with Crippen molar-refractivity contribution in [2.24, 2.45) is 0 Å². The van der Waals surface area contributed by atoms with E-state index >= 15 is 0 Å².